The van der Waals surface area contributed by atoms with Crippen LogP contribution in [0, 0.1) is 5.92 Å². The van der Waals surface area contributed by atoms with E-state index in [-0.39, 0.29) is 97.6 Å². The summed E-state index contributed by atoms with van der Waals surface area (Å²) in [7, 11) is 4.29. The predicted octanol–water partition coefficient (Wildman–Crippen LogP) is 7.88. The molecule has 9 rings (SSSR count). The highest BCUT2D eigenvalue weighted by Gasteiger charge is 2.43. The van der Waals surface area contributed by atoms with Gasteiger partial charge in [0.25, 0.3) is 11.8 Å². The third kappa shape index (κ3) is 12.2. The van der Waals surface area contributed by atoms with Gasteiger partial charge in [0.2, 0.25) is 17.7 Å². The minimum absolute atomic E-state index is 0.110. The Bertz CT molecular complexity index is 3220. The van der Waals surface area contributed by atoms with Gasteiger partial charge in [-0.15, -0.1) is 0 Å². The van der Waals surface area contributed by atoms with Crippen molar-refractivity contribution in [1.82, 2.24) is 10.6 Å². The van der Waals surface area contributed by atoms with Crippen LogP contribution >= 0.6 is 0 Å². The van der Waals surface area contributed by atoms with Crippen molar-refractivity contribution in [1.29, 1.82) is 0 Å². The van der Waals surface area contributed by atoms with Crippen molar-refractivity contribution in [3.8, 4) is 23.0 Å². The summed E-state index contributed by atoms with van der Waals surface area (Å²) in [5.74, 6) is -1.10. The van der Waals surface area contributed by atoms with Crippen LogP contribution in [0.1, 0.15) is 90.3 Å². The molecule has 4 heterocycles. The van der Waals surface area contributed by atoms with E-state index < -0.39 is 36.0 Å². The number of fused-ring (bicyclic) bond motifs is 8. The van der Waals surface area contributed by atoms with E-state index in [0.717, 1.165) is 22.5 Å². The first-order valence-electron chi connectivity index (χ1n) is 26.7. The molecular formula is C60H65N7O13. The zero-order valence-electron chi connectivity index (χ0n) is 45.6. The lowest BCUT2D eigenvalue weighted by molar-refractivity contribution is -0.140. The molecule has 6 amide bonds. The minimum atomic E-state index is -0.960. The summed E-state index contributed by atoms with van der Waals surface area (Å²) in [6, 6.07) is 26.3. The number of aliphatic imine (C=N–C) groups is 1. The molecule has 0 aliphatic carbocycles. The highest BCUT2D eigenvalue weighted by atomic mass is 16.6. The second-order valence-corrected chi connectivity index (χ2v) is 20.3. The van der Waals surface area contributed by atoms with Crippen LogP contribution in [0.5, 0.6) is 23.0 Å². The number of methoxy groups -OCH3 is 3. The van der Waals surface area contributed by atoms with Crippen LogP contribution in [0.15, 0.2) is 102 Å². The van der Waals surface area contributed by atoms with E-state index in [1.165, 1.54) is 33.2 Å². The molecule has 4 aliphatic heterocycles. The normalized spacial score (nSPS) is 16.3. The zero-order chi connectivity index (χ0) is 56.6. The molecule has 0 bridgehead atoms. The van der Waals surface area contributed by atoms with Crippen molar-refractivity contribution >= 4 is 76.2 Å². The van der Waals surface area contributed by atoms with Crippen LogP contribution in [-0.4, -0.2) is 113 Å². The van der Waals surface area contributed by atoms with Gasteiger partial charge in [-0.05, 0) is 85.2 Å². The molecule has 0 aromatic heterocycles. The van der Waals surface area contributed by atoms with Gasteiger partial charge in [-0.1, -0.05) is 62.4 Å². The lowest BCUT2D eigenvalue weighted by Crippen LogP contribution is -2.53. The number of hydrogen-bond donors (Lipinski definition) is 3. The monoisotopic (exact) mass is 1090 g/mol. The van der Waals surface area contributed by atoms with Crippen LogP contribution in [-0.2, 0) is 48.1 Å². The third-order valence-electron chi connectivity index (χ3n) is 14.5. The molecule has 0 spiro atoms. The molecule has 20 nitrogen and oxygen atoms in total. The van der Waals surface area contributed by atoms with Crippen molar-refractivity contribution in [2.75, 3.05) is 61.1 Å². The first-order valence-corrected chi connectivity index (χ1v) is 26.7. The smallest absolute Gasteiger partial charge is 0.414 e. The number of carbonyl (C=O) groups is 7. The lowest BCUT2D eigenvalue weighted by Gasteiger charge is -2.26. The zero-order valence-corrected chi connectivity index (χ0v) is 45.6. The fourth-order valence-corrected chi connectivity index (χ4v) is 10.3. The van der Waals surface area contributed by atoms with E-state index in [1.807, 2.05) is 48.5 Å². The Labute approximate surface area is 463 Å². The van der Waals surface area contributed by atoms with Gasteiger partial charge in [-0.25, -0.2) is 4.79 Å². The van der Waals surface area contributed by atoms with Gasteiger partial charge in [0.05, 0.1) is 75.7 Å². The number of nitrogens with one attached hydrogen (secondary N) is 3. The Morgan fingerprint density at radius 1 is 0.662 bits per heavy atom. The van der Waals surface area contributed by atoms with E-state index in [9.17, 15) is 33.6 Å². The fraction of sp³-hybridized carbons (Fsp3) is 0.367. The van der Waals surface area contributed by atoms with Crippen molar-refractivity contribution in [3.63, 3.8) is 0 Å². The number of rotatable bonds is 21. The Kier molecular flexibility index (Phi) is 17.3. The number of anilines is 4. The predicted molar refractivity (Wildman–Crippen MR) is 299 cm³/mol. The quantitative estimate of drug-likeness (QED) is 0.0469. The molecule has 0 radical (unpaired) electrons. The van der Waals surface area contributed by atoms with Crippen LogP contribution in [0.3, 0.4) is 0 Å². The molecule has 5 aromatic carbocycles. The average molecular weight is 1090 g/mol. The average Bonchev–Trinajstić information content (AvgIpc) is 3.99. The molecule has 0 saturated carbocycles. The topological polar surface area (TPSA) is 233 Å². The van der Waals surface area contributed by atoms with Gasteiger partial charge in [0.1, 0.15) is 18.7 Å². The molecule has 0 fully saturated rings. The summed E-state index contributed by atoms with van der Waals surface area (Å²) in [4.78, 5) is 103. The SMILES string of the molecule is COC(=O)CCCCC(=O)N[C@@H](C(=O)N[C@H](C)C(=O)Nc1ccc(COC(=O)N2C[C@@H]3Cc4ccccc4N3C(=O)c3cc(OC)c(OCCCOc4cc5c(cc4OC)C(=O)N4c6ccccc6CC4C=N5)cc32)cc1)C(C)C. The van der Waals surface area contributed by atoms with Gasteiger partial charge < -0.3 is 49.3 Å². The number of hydrogen-bond acceptors (Lipinski definition) is 14. The van der Waals surface area contributed by atoms with Gasteiger partial charge in [-0.2, -0.15) is 0 Å². The summed E-state index contributed by atoms with van der Waals surface area (Å²) in [6.07, 6.45) is 3.91. The van der Waals surface area contributed by atoms with Gasteiger partial charge in [0, 0.05) is 61.1 Å². The van der Waals surface area contributed by atoms with Crippen LogP contribution in [0.25, 0.3) is 0 Å². The summed E-state index contributed by atoms with van der Waals surface area (Å²) in [5, 5.41) is 8.21. The molecule has 80 heavy (non-hydrogen) atoms. The molecule has 3 N–H and O–H groups in total. The molecule has 5 aromatic rings. The maximum atomic E-state index is 14.6. The number of para-hydroxylation sites is 2. The second kappa shape index (κ2) is 24.8. The molecule has 4 atom stereocenters. The number of esters is 1. The van der Waals surface area contributed by atoms with E-state index in [4.69, 9.17) is 28.7 Å². The molecule has 1 unspecified atom stereocenters. The summed E-state index contributed by atoms with van der Waals surface area (Å²) >= 11 is 0. The van der Waals surface area contributed by atoms with Crippen molar-refractivity contribution in [3.05, 3.63) is 125 Å². The lowest BCUT2D eigenvalue weighted by atomic mass is 10.0. The summed E-state index contributed by atoms with van der Waals surface area (Å²) in [6.45, 7) is 5.42. The van der Waals surface area contributed by atoms with Gasteiger partial charge >= 0.3 is 12.1 Å². The van der Waals surface area contributed by atoms with Crippen molar-refractivity contribution < 1.29 is 62.0 Å². The second-order valence-electron chi connectivity index (χ2n) is 20.3. The largest absolute Gasteiger partial charge is 0.493 e. The van der Waals surface area contributed by atoms with Crippen LogP contribution in [0.2, 0.25) is 0 Å². The molecule has 20 heteroatoms. The van der Waals surface area contributed by atoms with Gasteiger partial charge in [-0.3, -0.25) is 43.6 Å². The Balaban J connectivity index is 0.830. The molecule has 4 aliphatic rings. The van der Waals surface area contributed by atoms with E-state index in [2.05, 4.69) is 20.7 Å². The number of carbonyl (C=O) groups excluding carboxylic acids is 7. The standard InChI is InChI=1S/C60H65N7O13/c1-35(2)55(64-53(68)18-11-12-19-54(69)77-6)57(71)62-36(3)56(70)63-40-22-20-37(21-23-40)34-80-60(74)65-33-42-27-39-15-8-10-17-47(39)67(42)59(73)44-29-50(76-5)52(31-48(44)65)79-25-13-24-78-51-30-45-43(28-49(51)75-4)58(72)66-41(32-61-45)26-38-14-7-9-16-46(38)66/h7-10,14-17,20-23,28-32,35-36,41-42,55H,11-13,18-19,24-27,33-34H2,1-6H3,(H,62,71)(H,63,70)(H,64,68)/t36-,41?,42+,55-/m1/s1. The Morgan fingerprint density at radius 3 is 1.96 bits per heavy atom. The van der Waals surface area contributed by atoms with E-state index in [1.54, 1.807) is 78.4 Å². The molecule has 0 saturated heterocycles. The highest BCUT2D eigenvalue weighted by Crippen LogP contribution is 2.44. The third-order valence-corrected chi connectivity index (χ3v) is 14.5. The highest BCUT2D eigenvalue weighted by molar-refractivity contribution is 6.16. The Morgan fingerprint density at radius 2 is 1.29 bits per heavy atom. The van der Waals surface area contributed by atoms with Crippen LogP contribution in [0.4, 0.5) is 33.2 Å². The fourth-order valence-electron chi connectivity index (χ4n) is 10.3. The maximum Gasteiger partial charge on any atom is 0.414 e. The van der Waals surface area contributed by atoms with E-state index in [0.29, 0.717) is 66.1 Å². The Hall–Kier alpha value is -8.94. The van der Waals surface area contributed by atoms with E-state index >= 15 is 0 Å². The van der Waals surface area contributed by atoms with Crippen molar-refractivity contribution in [2.24, 2.45) is 10.9 Å². The minimum Gasteiger partial charge on any atom is -0.493 e. The maximum absolute atomic E-state index is 14.6. The first kappa shape index (κ1) is 55.8. The van der Waals surface area contributed by atoms with Gasteiger partial charge in [0.15, 0.2) is 23.0 Å². The number of amides is 6. The molecular weight excluding hydrogens is 1030 g/mol. The number of ether oxygens (including phenoxy) is 6. The number of nitrogens with zero attached hydrogens (tertiary/aromatic N) is 4. The molecule has 418 valence electrons. The summed E-state index contributed by atoms with van der Waals surface area (Å²) in [5.41, 5.74) is 6.10. The first-order chi connectivity index (χ1) is 38.6. The van der Waals surface area contributed by atoms with Crippen LogP contribution < -0.4 is 49.6 Å². The number of unbranched alkanes of at least 4 members (excludes halogenated alkanes) is 1. The van der Waals surface area contributed by atoms with Crippen molar-refractivity contribution in [2.45, 2.75) is 96.5 Å². The number of benzene rings is 5. The summed E-state index contributed by atoms with van der Waals surface area (Å²) < 4.78 is 34.6.